The van der Waals surface area contributed by atoms with E-state index < -0.39 is 0 Å². The molecule has 0 unspecified atom stereocenters. The average Bonchev–Trinajstić information content (AvgIpc) is 2.59. The predicted molar refractivity (Wildman–Crippen MR) is 33.7 cm³/mol. The van der Waals surface area contributed by atoms with Crippen molar-refractivity contribution in [1.82, 2.24) is 5.16 Å². The zero-order chi connectivity index (χ0) is 6.81. The van der Waals surface area contributed by atoms with Crippen molar-refractivity contribution in [2.75, 3.05) is 6.61 Å². The monoisotopic (exact) mass is 139 g/mol. The molecule has 1 aliphatic heterocycles. The van der Waals surface area contributed by atoms with Crippen LogP contribution < -0.4 is 5.66 Å². The van der Waals surface area contributed by atoms with Crippen LogP contribution in [0.25, 0.3) is 0 Å². The first-order valence-electron chi connectivity index (χ1n) is 3.15. The number of hydrogen-bond acceptors (Lipinski definition) is 4. The van der Waals surface area contributed by atoms with Crippen LogP contribution in [0, 0.1) is 0 Å². The molecule has 2 rings (SSSR count). The Kier molecular flexibility index (Phi) is 1.45. The summed E-state index contributed by atoms with van der Waals surface area (Å²) in [6, 6.07) is 1.78. The van der Waals surface area contributed by atoms with E-state index in [4.69, 9.17) is 14.2 Å². The van der Waals surface area contributed by atoms with E-state index >= 15 is 0 Å². The van der Waals surface area contributed by atoms with Gasteiger partial charge in [0, 0.05) is 0 Å². The minimum absolute atomic E-state index is 0.0532. The Bertz CT molecular complexity index is 195. The first kappa shape index (κ1) is 5.94. The molecule has 0 aliphatic carbocycles. The van der Waals surface area contributed by atoms with Crippen LogP contribution in [0.3, 0.4) is 0 Å². The Morgan fingerprint density at radius 2 is 2.60 bits per heavy atom. The third-order valence-electron chi connectivity index (χ3n) is 1.42. The number of aromatic nitrogens is 1. The molecule has 0 amide bonds. The second-order valence-corrected chi connectivity index (χ2v) is 2.11. The van der Waals surface area contributed by atoms with E-state index in [0.29, 0.717) is 6.61 Å². The van der Waals surface area contributed by atoms with Crippen LogP contribution in [0.1, 0.15) is 0 Å². The summed E-state index contributed by atoms with van der Waals surface area (Å²) in [5, 5.41) is 3.56. The van der Waals surface area contributed by atoms with Gasteiger partial charge >= 0.3 is 6.92 Å². The van der Waals surface area contributed by atoms with Gasteiger partial charge in [-0.1, -0.05) is 5.16 Å². The van der Waals surface area contributed by atoms with Crippen LogP contribution in [-0.2, 0) is 9.69 Å². The summed E-state index contributed by atoms with van der Waals surface area (Å²) >= 11 is 0. The fraction of sp³-hybridized carbons (Fsp3) is 0.400. The molecule has 10 heavy (non-hydrogen) atoms. The highest BCUT2D eigenvalue weighted by atomic mass is 17.2. The van der Waals surface area contributed by atoms with Crippen molar-refractivity contribution in [2.45, 2.75) is 6.32 Å². The summed E-state index contributed by atoms with van der Waals surface area (Å²) in [6.07, 6.45) is 2.44. The number of rotatable bonds is 1. The Labute approximate surface area is 58.1 Å². The highest BCUT2D eigenvalue weighted by Crippen LogP contribution is 2.05. The summed E-state index contributed by atoms with van der Waals surface area (Å²) in [5.41, 5.74) is 0.734. The van der Waals surface area contributed by atoms with E-state index in [1.54, 1.807) is 12.3 Å². The quantitative estimate of drug-likeness (QED) is 0.400. The van der Waals surface area contributed by atoms with Crippen molar-refractivity contribution >= 4 is 12.6 Å². The van der Waals surface area contributed by atoms with E-state index in [1.165, 1.54) is 0 Å². The van der Waals surface area contributed by atoms with Crippen molar-refractivity contribution in [2.24, 2.45) is 0 Å². The summed E-state index contributed by atoms with van der Waals surface area (Å²) in [7, 11) is 0. The lowest BCUT2D eigenvalue weighted by molar-refractivity contribution is -0.184. The van der Waals surface area contributed by atoms with E-state index in [9.17, 15) is 0 Å². The fourth-order valence-electron chi connectivity index (χ4n) is 0.915. The molecule has 0 aromatic carbocycles. The van der Waals surface area contributed by atoms with Gasteiger partial charge in [0.05, 0.1) is 12.8 Å². The Hall–Kier alpha value is -0.805. The van der Waals surface area contributed by atoms with Gasteiger partial charge in [-0.05, 0) is 12.4 Å². The SMILES string of the molecule is c1cc(B2CCOO2)on1. The van der Waals surface area contributed by atoms with Crippen LogP contribution >= 0.6 is 0 Å². The molecule has 5 heteroatoms. The molecular formula is C5H6BNO3. The molecule has 1 saturated heterocycles. The predicted octanol–water partition coefficient (Wildman–Crippen LogP) is -0.165. The van der Waals surface area contributed by atoms with Crippen LogP contribution in [0.4, 0.5) is 0 Å². The molecule has 1 aromatic heterocycles. The summed E-state index contributed by atoms with van der Waals surface area (Å²) in [6.45, 7) is 0.577. The van der Waals surface area contributed by atoms with Gasteiger partial charge < -0.3 is 4.52 Å². The van der Waals surface area contributed by atoms with Gasteiger partial charge in [0.1, 0.15) is 5.66 Å². The van der Waals surface area contributed by atoms with E-state index in [-0.39, 0.29) is 6.92 Å². The summed E-state index contributed by atoms with van der Waals surface area (Å²) in [5.74, 6) is 0. The van der Waals surface area contributed by atoms with Crippen molar-refractivity contribution in [3.05, 3.63) is 12.3 Å². The lowest BCUT2D eigenvalue weighted by Crippen LogP contribution is -2.27. The standard InChI is InChI=1S/C5H6BNO3/c1-3-7-9-5(1)6-2-4-8-10-6/h1,3H,2,4H2. The molecular weight excluding hydrogens is 133 g/mol. The minimum atomic E-state index is -0.0532. The molecule has 0 spiro atoms. The lowest BCUT2D eigenvalue weighted by atomic mass is 9.63. The Morgan fingerprint density at radius 3 is 3.20 bits per heavy atom. The Morgan fingerprint density at radius 1 is 1.60 bits per heavy atom. The van der Waals surface area contributed by atoms with Gasteiger partial charge in [0.25, 0.3) is 0 Å². The van der Waals surface area contributed by atoms with Crippen LogP contribution in [0.15, 0.2) is 16.8 Å². The van der Waals surface area contributed by atoms with Gasteiger partial charge in [0.15, 0.2) is 0 Å². The largest absolute Gasteiger partial charge is 0.417 e. The molecule has 0 bridgehead atoms. The van der Waals surface area contributed by atoms with Crippen molar-refractivity contribution in [1.29, 1.82) is 0 Å². The maximum Gasteiger partial charge on any atom is 0.417 e. The van der Waals surface area contributed by atoms with E-state index in [2.05, 4.69) is 5.16 Å². The fourth-order valence-corrected chi connectivity index (χ4v) is 0.915. The summed E-state index contributed by atoms with van der Waals surface area (Å²) < 4.78 is 4.86. The zero-order valence-corrected chi connectivity index (χ0v) is 5.32. The van der Waals surface area contributed by atoms with Crippen molar-refractivity contribution in [3.8, 4) is 0 Å². The lowest BCUT2D eigenvalue weighted by Gasteiger charge is -1.93. The van der Waals surface area contributed by atoms with E-state index in [1.807, 2.05) is 0 Å². The maximum atomic E-state index is 4.86. The molecule has 1 aliphatic rings. The van der Waals surface area contributed by atoms with Crippen LogP contribution in [0.2, 0.25) is 6.32 Å². The van der Waals surface area contributed by atoms with Crippen molar-refractivity contribution < 1.29 is 14.2 Å². The molecule has 0 N–H and O–H groups in total. The molecule has 0 radical (unpaired) electrons. The first-order chi connectivity index (χ1) is 4.97. The second kappa shape index (κ2) is 2.44. The number of nitrogens with zero attached hydrogens (tertiary/aromatic N) is 1. The van der Waals surface area contributed by atoms with Crippen LogP contribution in [-0.4, -0.2) is 18.7 Å². The molecule has 1 aromatic rings. The molecule has 52 valence electrons. The summed E-state index contributed by atoms with van der Waals surface area (Å²) in [4.78, 5) is 9.56. The molecule has 2 heterocycles. The highest BCUT2D eigenvalue weighted by molar-refractivity contribution is 6.66. The normalized spacial score (nSPS) is 18.2. The van der Waals surface area contributed by atoms with E-state index in [0.717, 1.165) is 12.0 Å². The molecule has 0 atom stereocenters. The van der Waals surface area contributed by atoms with Crippen LogP contribution in [0.5, 0.6) is 0 Å². The topological polar surface area (TPSA) is 44.5 Å². The third kappa shape index (κ3) is 0.934. The Balaban J connectivity index is 2.12. The van der Waals surface area contributed by atoms with Gasteiger partial charge in [0.2, 0.25) is 0 Å². The van der Waals surface area contributed by atoms with Gasteiger partial charge in [-0.3, -0.25) is 9.69 Å². The van der Waals surface area contributed by atoms with Gasteiger partial charge in [-0.15, -0.1) is 0 Å². The average molecular weight is 139 g/mol. The zero-order valence-electron chi connectivity index (χ0n) is 5.32. The molecule has 1 fully saturated rings. The number of hydrogen-bond donors (Lipinski definition) is 0. The first-order valence-corrected chi connectivity index (χ1v) is 3.15. The minimum Gasteiger partial charge on any atom is -0.368 e. The molecule has 0 saturated carbocycles. The van der Waals surface area contributed by atoms with Gasteiger partial charge in [-0.2, -0.15) is 0 Å². The maximum absolute atomic E-state index is 4.86. The van der Waals surface area contributed by atoms with Crippen molar-refractivity contribution in [3.63, 3.8) is 0 Å². The smallest absolute Gasteiger partial charge is 0.368 e. The highest BCUT2D eigenvalue weighted by Gasteiger charge is 2.29. The third-order valence-corrected chi connectivity index (χ3v) is 1.42. The van der Waals surface area contributed by atoms with Gasteiger partial charge in [-0.25, -0.2) is 0 Å². The molecule has 4 nitrogen and oxygen atoms in total. The second-order valence-electron chi connectivity index (χ2n) is 2.11.